The van der Waals surface area contributed by atoms with E-state index in [-0.39, 0.29) is 5.91 Å². The molecule has 4 heteroatoms. The lowest BCUT2D eigenvalue weighted by molar-refractivity contribution is -0.116. The highest BCUT2D eigenvalue weighted by molar-refractivity contribution is 8.01. The lowest BCUT2D eigenvalue weighted by Crippen LogP contribution is -2.20. The topological polar surface area (TPSA) is 38.3 Å². The number of carbonyl (C=O) groups is 1. The molecule has 2 aromatic carbocycles. The van der Waals surface area contributed by atoms with Gasteiger partial charge in [-0.15, -0.1) is 11.8 Å². The minimum Gasteiger partial charge on any atom is -0.457 e. The van der Waals surface area contributed by atoms with Crippen molar-refractivity contribution in [3.05, 3.63) is 71.6 Å². The average Bonchev–Trinajstić information content (AvgIpc) is 2.52. The lowest BCUT2D eigenvalue weighted by atomic mass is 10.2. The second-order valence-electron chi connectivity index (χ2n) is 4.32. The molecule has 0 saturated carbocycles. The number of benzene rings is 2. The zero-order chi connectivity index (χ0) is 14.9. The van der Waals surface area contributed by atoms with Gasteiger partial charge in [0.15, 0.2) is 0 Å². The maximum Gasteiger partial charge on any atom is 0.244 e. The summed E-state index contributed by atoms with van der Waals surface area (Å²) in [6.45, 7) is 0.476. The number of amides is 1. The van der Waals surface area contributed by atoms with Crippen LogP contribution >= 0.6 is 11.8 Å². The lowest BCUT2D eigenvalue weighted by Gasteiger charge is -2.08. The van der Waals surface area contributed by atoms with Crippen LogP contribution in [0.25, 0.3) is 0 Å². The van der Waals surface area contributed by atoms with Crippen LogP contribution in [-0.2, 0) is 11.3 Å². The van der Waals surface area contributed by atoms with Crippen molar-refractivity contribution in [2.45, 2.75) is 6.54 Å². The molecule has 0 aliphatic rings. The average molecular weight is 299 g/mol. The van der Waals surface area contributed by atoms with E-state index < -0.39 is 0 Å². The zero-order valence-corrected chi connectivity index (χ0v) is 12.6. The normalized spacial score (nSPS) is 10.5. The summed E-state index contributed by atoms with van der Waals surface area (Å²) in [7, 11) is 0. The Morgan fingerprint density at radius 1 is 1.14 bits per heavy atom. The Morgan fingerprint density at radius 2 is 1.90 bits per heavy atom. The van der Waals surface area contributed by atoms with Crippen LogP contribution in [0.3, 0.4) is 0 Å². The van der Waals surface area contributed by atoms with E-state index in [1.807, 2.05) is 60.9 Å². The third-order valence-electron chi connectivity index (χ3n) is 2.70. The molecular weight excluding hydrogens is 282 g/mol. The van der Waals surface area contributed by atoms with Crippen molar-refractivity contribution < 1.29 is 9.53 Å². The molecule has 0 aliphatic carbocycles. The monoisotopic (exact) mass is 299 g/mol. The number of nitrogens with one attached hydrogen (secondary N) is 1. The van der Waals surface area contributed by atoms with Gasteiger partial charge in [-0.25, -0.2) is 0 Å². The first-order valence-corrected chi connectivity index (χ1v) is 7.86. The van der Waals surface area contributed by atoms with E-state index in [1.165, 1.54) is 17.8 Å². The van der Waals surface area contributed by atoms with Gasteiger partial charge in [0.1, 0.15) is 11.5 Å². The van der Waals surface area contributed by atoms with Crippen LogP contribution in [0.15, 0.2) is 66.1 Å². The van der Waals surface area contributed by atoms with Crippen molar-refractivity contribution in [3.63, 3.8) is 0 Å². The first-order valence-electron chi connectivity index (χ1n) is 6.57. The molecule has 0 saturated heterocycles. The van der Waals surface area contributed by atoms with Gasteiger partial charge in [-0.2, -0.15) is 0 Å². The van der Waals surface area contributed by atoms with Gasteiger partial charge in [0.25, 0.3) is 0 Å². The van der Waals surface area contributed by atoms with E-state index in [4.69, 9.17) is 4.74 Å². The van der Waals surface area contributed by atoms with Crippen LogP contribution < -0.4 is 10.1 Å². The Hall–Kier alpha value is -2.20. The summed E-state index contributed by atoms with van der Waals surface area (Å²) in [5, 5.41) is 4.58. The van der Waals surface area contributed by atoms with Crippen molar-refractivity contribution in [1.82, 2.24) is 5.32 Å². The molecule has 21 heavy (non-hydrogen) atoms. The number of carbonyl (C=O) groups excluding carboxylic acids is 1. The fraction of sp³-hybridized carbons (Fsp3) is 0.118. The number of ether oxygens (including phenoxy) is 1. The number of rotatable bonds is 6. The maximum absolute atomic E-state index is 11.5. The molecule has 3 nitrogen and oxygen atoms in total. The Morgan fingerprint density at radius 3 is 2.67 bits per heavy atom. The fourth-order valence-electron chi connectivity index (χ4n) is 1.72. The molecule has 0 aromatic heterocycles. The van der Waals surface area contributed by atoms with E-state index in [0.717, 1.165) is 17.1 Å². The molecule has 0 unspecified atom stereocenters. The summed E-state index contributed by atoms with van der Waals surface area (Å²) in [5.41, 5.74) is 0.995. The first-order chi connectivity index (χ1) is 10.3. The maximum atomic E-state index is 11.5. The largest absolute Gasteiger partial charge is 0.457 e. The minimum absolute atomic E-state index is 0.0984. The standard InChI is InChI=1S/C17H17NO2S/c1-21-11-10-17(19)18-13-14-6-5-9-16(12-14)20-15-7-3-2-4-8-15/h2-12H,13H2,1H3,(H,18,19). The Bertz CT molecular complexity index is 611. The molecule has 0 bridgehead atoms. The zero-order valence-electron chi connectivity index (χ0n) is 11.8. The van der Waals surface area contributed by atoms with Crippen LogP contribution in [0.5, 0.6) is 11.5 Å². The highest BCUT2D eigenvalue weighted by Crippen LogP contribution is 2.21. The van der Waals surface area contributed by atoms with Crippen molar-refractivity contribution in [3.8, 4) is 11.5 Å². The minimum atomic E-state index is -0.0984. The van der Waals surface area contributed by atoms with Gasteiger partial charge >= 0.3 is 0 Å². The van der Waals surface area contributed by atoms with Gasteiger partial charge in [-0.1, -0.05) is 30.3 Å². The van der Waals surface area contributed by atoms with E-state index >= 15 is 0 Å². The van der Waals surface area contributed by atoms with E-state index in [9.17, 15) is 4.79 Å². The first kappa shape index (κ1) is 15.2. The SMILES string of the molecule is CSC=CC(=O)NCc1cccc(Oc2ccccc2)c1. The summed E-state index contributed by atoms with van der Waals surface area (Å²) in [6.07, 6.45) is 3.43. The van der Waals surface area contributed by atoms with Crippen LogP contribution in [0.2, 0.25) is 0 Å². The van der Waals surface area contributed by atoms with Crippen molar-refractivity contribution in [2.24, 2.45) is 0 Å². The second kappa shape index (κ2) is 8.17. The molecule has 1 N–H and O–H groups in total. The quantitative estimate of drug-likeness (QED) is 0.820. The number of thioether (sulfide) groups is 1. The molecule has 0 aliphatic heterocycles. The molecule has 0 heterocycles. The van der Waals surface area contributed by atoms with E-state index in [0.29, 0.717) is 6.54 Å². The van der Waals surface area contributed by atoms with Gasteiger partial charge in [0.2, 0.25) is 5.91 Å². The number of hydrogen-bond acceptors (Lipinski definition) is 3. The molecule has 2 rings (SSSR count). The molecule has 2 aromatic rings. The summed E-state index contributed by atoms with van der Waals surface area (Å²) in [6, 6.07) is 17.3. The summed E-state index contributed by atoms with van der Waals surface area (Å²) in [5.74, 6) is 1.45. The highest BCUT2D eigenvalue weighted by Gasteiger charge is 2.00. The van der Waals surface area contributed by atoms with E-state index in [2.05, 4.69) is 5.32 Å². The van der Waals surface area contributed by atoms with Crippen LogP contribution in [-0.4, -0.2) is 12.2 Å². The molecule has 0 atom stereocenters. The predicted octanol–water partition coefficient (Wildman–Crippen LogP) is 3.97. The number of para-hydroxylation sites is 1. The molecule has 1 amide bonds. The highest BCUT2D eigenvalue weighted by atomic mass is 32.2. The number of hydrogen-bond donors (Lipinski definition) is 1. The molecule has 0 spiro atoms. The van der Waals surface area contributed by atoms with Gasteiger partial charge in [-0.05, 0) is 41.5 Å². The smallest absolute Gasteiger partial charge is 0.244 e. The predicted molar refractivity (Wildman–Crippen MR) is 87.5 cm³/mol. The van der Waals surface area contributed by atoms with Crippen LogP contribution in [0, 0.1) is 0 Å². The van der Waals surface area contributed by atoms with Gasteiger partial charge in [-0.3, -0.25) is 4.79 Å². The molecule has 108 valence electrons. The van der Waals surface area contributed by atoms with Crippen LogP contribution in [0.1, 0.15) is 5.56 Å². The second-order valence-corrected chi connectivity index (χ2v) is 5.06. The van der Waals surface area contributed by atoms with Gasteiger partial charge < -0.3 is 10.1 Å². The van der Waals surface area contributed by atoms with Gasteiger partial charge in [0.05, 0.1) is 0 Å². The Kier molecular flexibility index (Phi) is 5.91. The molecular formula is C17H17NO2S. The van der Waals surface area contributed by atoms with Crippen molar-refractivity contribution in [2.75, 3.05) is 6.26 Å². The molecule has 0 radical (unpaired) electrons. The van der Waals surface area contributed by atoms with Crippen molar-refractivity contribution in [1.29, 1.82) is 0 Å². The Labute approximate surface area is 129 Å². The molecule has 0 fully saturated rings. The Balaban J connectivity index is 1.95. The van der Waals surface area contributed by atoms with E-state index in [1.54, 1.807) is 5.41 Å². The van der Waals surface area contributed by atoms with Crippen molar-refractivity contribution >= 4 is 17.7 Å². The third-order valence-corrected chi connectivity index (χ3v) is 3.11. The van der Waals surface area contributed by atoms with Crippen LogP contribution in [0.4, 0.5) is 0 Å². The summed E-state index contributed by atoms with van der Waals surface area (Å²) in [4.78, 5) is 11.5. The summed E-state index contributed by atoms with van der Waals surface area (Å²) >= 11 is 1.49. The third kappa shape index (κ3) is 5.36. The van der Waals surface area contributed by atoms with Gasteiger partial charge in [0, 0.05) is 12.6 Å². The fourth-order valence-corrected chi connectivity index (χ4v) is 1.98. The summed E-state index contributed by atoms with van der Waals surface area (Å²) < 4.78 is 5.76.